The molecule has 2 N–H and O–H groups in total. The quantitative estimate of drug-likeness (QED) is 0.800. The van der Waals surface area contributed by atoms with Crippen LogP contribution in [0, 0.1) is 6.92 Å². The first kappa shape index (κ1) is 18.8. The number of piperidine rings is 2. The van der Waals surface area contributed by atoms with Crippen molar-refractivity contribution in [2.75, 3.05) is 13.1 Å². The van der Waals surface area contributed by atoms with E-state index >= 15 is 0 Å². The van der Waals surface area contributed by atoms with Gasteiger partial charge in [-0.05, 0) is 58.7 Å². The first-order valence-electron chi connectivity index (χ1n) is 9.47. The van der Waals surface area contributed by atoms with Gasteiger partial charge in [0.1, 0.15) is 0 Å². The molecule has 1 aromatic rings. The van der Waals surface area contributed by atoms with Crippen molar-refractivity contribution in [1.82, 2.24) is 20.1 Å². The molecule has 2 aliphatic heterocycles. The highest BCUT2D eigenvalue weighted by Gasteiger charge is 2.37. The van der Waals surface area contributed by atoms with Crippen LogP contribution in [0.3, 0.4) is 0 Å². The molecule has 8 heteroatoms. The number of aromatic nitrogens is 2. The van der Waals surface area contributed by atoms with Gasteiger partial charge >= 0.3 is 6.08 Å². The molecular weight excluding hydrogens is 332 g/mol. The van der Waals surface area contributed by atoms with Crippen LogP contribution in [-0.2, 0) is 0 Å². The van der Waals surface area contributed by atoms with Gasteiger partial charge in [0.05, 0.1) is 6.04 Å². The van der Waals surface area contributed by atoms with Crippen LogP contribution in [0.1, 0.15) is 45.4 Å². The number of rotatable bonds is 5. The summed E-state index contributed by atoms with van der Waals surface area (Å²) in [6.45, 7) is 8.38. The molecule has 0 aromatic carbocycles. The molecule has 2 saturated heterocycles. The minimum absolute atomic E-state index is 0.227. The largest absolute Gasteiger partial charge is 0.437 e. The number of hydrogen-bond donors (Lipinski definition) is 1. The Morgan fingerprint density at radius 1 is 1.23 bits per heavy atom. The Labute approximate surface area is 155 Å². The molecule has 0 amide bonds. The van der Waals surface area contributed by atoms with Gasteiger partial charge in [-0.2, -0.15) is 4.98 Å². The number of aliphatic imine (C=N–C) groups is 1. The molecule has 2 aliphatic rings. The molecule has 2 fully saturated rings. The van der Waals surface area contributed by atoms with Crippen LogP contribution in [0.4, 0.5) is 0 Å². The van der Waals surface area contributed by atoms with E-state index < -0.39 is 0 Å². The second-order valence-electron chi connectivity index (χ2n) is 7.33. The lowest BCUT2D eigenvalue weighted by atomic mass is 9.91. The fraction of sp³-hybridized carbons (Fsp3) is 0.722. The lowest BCUT2D eigenvalue weighted by Gasteiger charge is -2.45. The molecule has 0 bridgehead atoms. The molecule has 26 heavy (non-hydrogen) atoms. The van der Waals surface area contributed by atoms with E-state index in [1.165, 1.54) is 6.20 Å². The Morgan fingerprint density at radius 2 is 1.92 bits per heavy atom. The Kier molecular flexibility index (Phi) is 6.26. The topological polar surface area (TPSA) is 93.0 Å². The number of aryl methyl sites for hydroxylation is 1. The molecule has 0 saturated carbocycles. The normalized spacial score (nSPS) is 29.7. The monoisotopic (exact) mass is 362 g/mol. The molecule has 144 valence electrons. The van der Waals surface area contributed by atoms with Gasteiger partial charge in [0.25, 0.3) is 0 Å². The van der Waals surface area contributed by atoms with Crippen LogP contribution in [0.2, 0.25) is 0 Å². The Balaban J connectivity index is 1.51. The number of hydroxylamine groups is 2. The molecule has 2 atom stereocenters. The second-order valence-corrected chi connectivity index (χ2v) is 7.33. The zero-order chi connectivity index (χ0) is 18.5. The standard InChI is InChI=1S/C18H30N6O2/c1-13-11-17(23-9-5-16(6-10-23)20-8-4-7-19)12-14(2)24(13)26-18-21-15(3)22-25-18/h4,7-8,13-14,16-17H,5-6,9-12,19H2,1-3H3/b7-4-,20-8?. The molecule has 1 aromatic heterocycles. The Hall–Kier alpha value is -1.93. The van der Waals surface area contributed by atoms with Gasteiger partial charge in [0.15, 0.2) is 5.82 Å². The minimum atomic E-state index is 0.227. The summed E-state index contributed by atoms with van der Waals surface area (Å²) < 4.78 is 5.10. The van der Waals surface area contributed by atoms with Crippen LogP contribution in [0.25, 0.3) is 0 Å². The number of nitrogens with two attached hydrogens (primary N) is 1. The first-order valence-corrected chi connectivity index (χ1v) is 9.47. The number of allylic oxidation sites excluding steroid dienone is 1. The Morgan fingerprint density at radius 3 is 2.50 bits per heavy atom. The Bertz CT molecular complexity index is 611. The van der Waals surface area contributed by atoms with Crippen molar-refractivity contribution in [2.24, 2.45) is 10.7 Å². The molecule has 2 unspecified atom stereocenters. The van der Waals surface area contributed by atoms with E-state index in [1.807, 2.05) is 11.3 Å². The zero-order valence-corrected chi connectivity index (χ0v) is 15.9. The van der Waals surface area contributed by atoms with Gasteiger partial charge < -0.3 is 15.5 Å². The predicted octanol–water partition coefficient (Wildman–Crippen LogP) is 1.92. The van der Waals surface area contributed by atoms with Crippen LogP contribution in [-0.4, -0.2) is 63.6 Å². The number of likely N-dealkylation sites (tertiary alicyclic amines) is 1. The van der Waals surface area contributed by atoms with E-state index in [-0.39, 0.29) is 6.08 Å². The van der Waals surface area contributed by atoms with Gasteiger partial charge in [-0.25, -0.2) is 0 Å². The van der Waals surface area contributed by atoms with Crippen molar-refractivity contribution in [3.63, 3.8) is 0 Å². The van der Waals surface area contributed by atoms with Crippen molar-refractivity contribution < 1.29 is 9.36 Å². The third kappa shape index (κ3) is 4.62. The van der Waals surface area contributed by atoms with Crippen molar-refractivity contribution in [1.29, 1.82) is 0 Å². The molecule has 0 aliphatic carbocycles. The molecular formula is C18H30N6O2. The summed E-state index contributed by atoms with van der Waals surface area (Å²) in [5, 5.41) is 5.79. The van der Waals surface area contributed by atoms with Crippen molar-refractivity contribution in [2.45, 2.75) is 70.6 Å². The smallest absolute Gasteiger partial charge is 0.405 e. The van der Waals surface area contributed by atoms with Crippen LogP contribution < -0.4 is 10.6 Å². The maximum absolute atomic E-state index is 5.85. The highest BCUT2D eigenvalue weighted by Crippen LogP contribution is 2.29. The summed E-state index contributed by atoms with van der Waals surface area (Å²) in [6, 6.07) is 1.59. The lowest BCUT2D eigenvalue weighted by molar-refractivity contribution is -0.169. The molecule has 8 nitrogen and oxygen atoms in total. The maximum atomic E-state index is 5.85. The summed E-state index contributed by atoms with van der Waals surface area (Å²) >= 11 is 0. The highest BCUT2D eigenvalue weighted by molar-refractivity contribution is 5.70. The SMILES string of the molecule is Cc1noc(ON2C(C)CC(N3CCC(N=C/C=C\N)CC3)CC2C)n1. The fourth-order valence-corrected chi connectivity index (χ4v) is 4.03. The summed E-state index contributed by atoms with van der Waals surface area (Å²) in [4.78, 5) is 17.2. The van der Waals surface area contributed by atoms with E-state index in [2.05, 4.69) is 33.9 Å². The maximum Gasteiger partial charge on any atom is 0.437 e. The van der Waals surface area contributed by atoms with E-state index in [9.17, 15) is 0 Å². The average Bonchev–Trinajstić information content (AvgIpc) is 3.04. The van der Waals surface area contributed by atoms with Gasteiger partial charge in [-0.3, -0.25) is 9.52 Å². The van der Waals surface area contributed by atoms with Gasteiger partial charge in [0.2, 0.25) is 0 Å². The van der Waals surface area contributed by atoms with Gasteiger partial charge in [-0.15, -0.1) is 5.06 Å². The van der Waals surface area contributed by atoms with E-state index in [1.54, 1.807) is 13.0 Å². The van der Waals surface area contributed by atoms with Crippen LogP contribution >= 0.6 is 0 Å². The third-order valence-electron chi connectivity index (χ3n) is 5.30. The van der Waals surface area contributed by atoms with Crippen molar-refractivity contribution in [3.05, 3.63) is 18.1 Å². The molecule has 0 spiro atoms. The van der Waals surface area contributed by atoms with Crippen LogP contribution in [0.5, 0.6) is 6.08 Å². The fourth-order valence-electron chi connectivity index (χ4n) is 4.03. The zero-order valence-electron chi connectivity index (χ0n) is 15.9. The van der Waals surface area contributed by atoms with E-state index in [4.69, 9.17) is 15.1 Å². The lowest BCUT2D eigenvalue weighted by Crippen LogP contribution is -2.55. The van der Waals surface area contributed by atoms with Crippen molar-refractivity contribution >= 4 is 6.21 Å². The van der Waals surface area contributed by atoms with E-state index in [0.29, 0.717) is 30.0 Å². The number of nitrogens with zero attached hydrogens (tertiary/aromatic N) is 5. The summed E-state index contributed by atoms with van der Waals surface area (Å²) in [6.07, 6.45) is 9.71. The second kappa shape index (κ2) is 8.64. The molecule has 0 radical (unpaired) electrons. The summed E-state index contributed by atoms with van der Waals surface area (Å²) in [5.41, 5.74) is 5.34. The van der Waals surface area contributed by atoms with Gasteiger partial charge in [-0.1, -0.05) is 5.16 Å². The van der Waals surface area contributed by atoms with Crippen LogP contribution in [0.15, 0.2) is 21.8 Å². The summed E-state index contributed by atoms with van der Waals surface area (Å²) in [5.74, 6) is 0.586. The predicted molar refractivity (Wildman–Crippen MR) is 99.9 cm³/mol. The number of hydrogen-bond acceptors (Lipinski definition) is 8. The minimum Gasteiger partial charge on any atom is -0.405 e. The van der Waals surface area contributed by atoms with Crippen molar-refractivity contribution in [3.8, 4) is 6.08 Å². The first-order chi connectivity index (χ1) is 12.6. The highest BCUT2D eigenvalue weighted by atomic mass is 16.8. The van der Waals surface area contributed by atoms with E-state index in [0.717, 1.165) is 38.8 Å². The molecule has 3 heterocycles. The molecule has 3 rings (SSSR count). The third-order valence-corrected chi connectivity index (χ3v) is 5.30. The van der Waals surface area contributed by atoms with Gasteiger partial charge in [0, 0.05) is 37.4 Å². The summed E-state index contributed by atoms with van der Waals surface area (Å²) in [7, 11) is 0. The average molecular weight is 362 g/mol.